The minimum atomic E-state index is -3.02. The van der Waals surface area contributed by atoms with E-state index in [4.69, 9.17) is 11.6 Å². The van der Waals surface area contributed by atoms with E-state index in [0.29, 0.717) is 10.8 Å². The highest BCUT2D eigenvalue weighted by atomic mass is 35.5. The summed E-state index contributed by atoms with van der Waals surface area (Å²) in [4.78, 5) is 12.9. The van der Waals surface area contributed by atoms with E-state index in [2.05, 4.69) is 5.32 Å². The average Bonchev–Trinajstić information content (AvgIpc) is 2.84. The van der Waals surface area contributed by atoms with Gasteiger partial charge in [-0.05, 0) is 25.5 Å². The predicted octanol–water partition coefficient (Wildman–Crippen LogP) is 2.01. The van der Waals surface area contributed by atoms with Gasteiger partial charge < -0.3 is 5.32 Å². The number of amides is 1. The highest BCUT2D eigenvalue weighted by Gasteiger charge is 2.33. The number of hydrogen-bond acceptors (Lipinski definition) is 4. The Labute approximate surface area is 115 Å². The molecule has 100 valence electrons. The largest absolute Gasteiger partial charge is 0.348 e. The Morgan fingerprint density at radius 1 is 1.56 bits per heavy atom. The van der Waals surface area contributed by atoms with Crippen molar-refractivity contribution < 1.29 is 13.2 Å². The standard InChI is InChI=1S/C11H14ClNO3S2/c1-7(9-2-3-10(12)17-9)13-11(14)8-4-5-18(15,16)6-8/h2-3,7-8H,4-6H2,1H3,(H,13,14)/t7-,8-/m1/s1. The number of nitrogens with one attached hydrogen (secondary N) is 1. The Bertz CT molecular complexity index is 552. The molecule has 2 atom stereocenters. The van der Waals surface area contributed by atoms with E-state index in [1.54, 1.807) is 6.07 Å². The molecule has 4 nitrogen and oxygen atoms in total. The first kappa shape index (κ1) is 13.8. The monoisotopic (exact) mass is 307 g/mol. The van der Waals surface area contributed by atoms with Crippen molar-refractivity contribution in [2.45, 2.75) is 19.4 Å². The predicted molar refractivity (Wildman–Crippen MR) is 72.6 cm³/mol. The maximum absolute atomic E-state index is 11.9. The van der Waals surface area contributed by atoms with Gasteiger partial charge in [0.25, 0.3) is 0 Å². The van der Waals surface area contributed by atoms with Crippen LogP contribution in [0.15, 0.2) is 12.1 Å². The summed E-state index contributed by atoms with van der Waals surface area (Å²) in [5.41, 5.74) is 0. The summed E-state index contributed by atoms with van der Waals surface area (Å²) in [6, 6.07) is 3.51. The van der Waals surface area contributed by atoms with Gasteiger partial charge in [-0.1, -0.05) is 11.6 Å². The van der Waals surface area contributed by atoms with Crippen molar-refractivity contribution in [3.8, 4) is 0 Å². The molecule has 0 unspecified atom stereocenters. The molecular weight excluding hydrogens is 294 g/mol. The number of halogens is 1. The SMILES string of the molecule is C[C@@H](NC(=O)[C@@H]1CCS(=O)(=O)C1)c1ccc(Cl)s1. The molecule has 7 heteroatoms. The molecule has 1 aromatic rings. The van der Waals surface area contributed by atoms with Crippen LogP contribution in [0.5, 0.6) is 0 Å². The second-order valence-corrected chi connectivity index (χ2v) is 8.45. The quantitative estimate of drug-likeness (QED) is 0.929. The summed E-state index contributed by atoms with van der Waals surface area (Å²) in [5.74, 6) is -0.512. The molecule has 0 radical (unpaired) electrons. The van der Waals surface area contributed by atoms with Crippen LogP contribution in [0.3, 0.4) is 0 Å². The Balaban J connectivity index is 1.96. The summed E-state index contributed by atoms with van der Waals surface area (Å²) < 4.78 is 23.3. The minimum absolute atomic E-state index is 0.0310. The van der Waals surface area contributed by atoms with Crippen LogP contribution in [0.25, 0.3) is 0 Å². The van der Waals surface area contributed by atoms with Crippen LogP contribution < -0.4 is 5.32 Å². The third kappa shape index (κ3) is 3.24. The molecule has 2 heterocycles. The van der Waals surface area contributed by atoms with Crippen molar-refractivity contribution in [2.75, 3.05) is 11.5 Å². The highest BCUT2D eigenvalue weighted by Crippen LogP contribution is 2.27. The molecule has 1 amide bonds. The van der Waals surface area contributed by atoms with E-state index in [1.807, 2.05) is 13.0 Å². The third-order valence-electron chi connectivity index (χ3n) is 2.98. The molecule has 1 N–H and O–H groups in total. The Kier molecular flexibility index (Phi) is 3.99. The fraction of sp³-hybridized carbons (Fsp3) is 0.545. The van der Waals surface area contributed by atoms with Crippen LogP contribution in [-0.4, -0.2) is 25.8 Å². The van der Waals surface area contributed by atoms with Crippen molar-refractivity contribution in [1.29, 1.82) is 0 Å². The van der Waals surface area contributed by atoms with Gasteiger partial charge in [-0.3, -0.25) is 4.79 Å². The minimum Gasteiger partial charge on any atom is -0.348 e. The van der Waals surface area contributed by atoms with Crippen molar-refractivity contribution in [2.24, 2.45) is 5.92 Å². The maximum atomic E-state index is 11.9. The fourth-order valence-electron chi connectivity index (χ4n) is 1.97. The molecule has 1 aliphatic heterocycles. The lowest BCUT2D eigenvalue weighted by Gasteiger charge is -2.15. The Hall–Kier alpha value is -0.590. The lowest BCUT2D eigenvalue weighted by Crippen LogP contribution is -2.33. The number of carbonyl (C=O) groups excluding carboxylic acids is 1. The first-order chi connectivity index (χ1) is 8.37. The number of hydrogen-bond donors (Lipinski definition) is 1. The van der Waals surface area contributed by atoms with Crippen molar-refractivity contribution in [3.05, 3.63) is 21.3 Å². The smallest absolute Gasteiger partial charge is 0.224 e. The van der Waals surface area contributed by atoms with Gasteiger partial charge in [-0.2, -0.15) is 0 Å². The number of rotatable bonds is 3. The zero-order valence-corrected chi connectivity index (χ0v) is 12.2. The molecule has 0 bridgehead atoms. The van der Waals surface area contributed by atoms with Crippen molar-refractivity contribution in [3.63, 3.8) is 0 Å². The van der Waals surface area contributed by atoms with Gasteiger partial charge in [0.1, 0.15) is 0 Å². The van der Waals surface area contributed by atoms with E-state index >= 15 is 0 Å². The van der Waals surface area contributed by atoms with Crippen molar-refractivity contribution in [1.82, 2.24) is 5.32 Å². The third-order valence-corrected chi connectivity index (χ3v) is 6.16. The normalized spacial score (nSPS) is 23.8. The summed E-state index contributed by atoms with van der Waals surface area (Å²) in [6.07, 6.45) is 0.423. The van der Waals surface area contributed by atoms with E-state index in [9.17, 15) is 13.2 Å². The Morgan fingerprint density at radius 2 is 2.28 bits per heavy atom. The van der Waals surface area contributed by atoms with Crippen LogP contribution in [0.4, 0.5) is 0 Å². The molecule has 18 heavy (non-hydrogen) atoms. The molecule has 0 saturated carbocycles. The average molecular weight is 308 g/mol. The van der Waals surface area contributed by atoms with Crippen LogP contribution in [0.2, 0.25) is 4.34 Å². The van der Waals surface area contributed by atoms with Gasteiger partial charge in [0.2, 0.25) is 5.91 Å². The molecule has 0 aliphatic carbocycles. The summed E-state index contributed by atoms with van der Waals surface area (Å²) in [6.45, 7) is 1.86. The molecule has 1 saturated heterocycles. The van der Waals surface area contributed by atoms with Gasteiger partial charge in [0.15, 0.2) is 9.84 Å². The van der Waals surface area contributed by atoms with E-state index in [0.717, 1.165) is 4.88 Å². The second-order valence-electron chi connectivity index (χ2n) is 4.47. The molecule has 0 aromatic carbocycles. The lowest BCUT2D eigenvalue weighted by atomic mass is 10.1. The van der Waals surface area contributed by atoms with Gasteiger partial charge in [-0.25, -0.2) is 8.42 Å². The highest BCUT2D eigenvalue weighted by molar-refractivity contribution is 7.91. The summed E-state index contributed by atoms with van der Waals surface area (Å²) >= 11 is 7.24. The topological polar surface area (TPSA) is 63.2 Å². The maximum Gasteiger partial charge on any atom is 0.224 e. The number of sulfone groups is 1. The number of thiophene rings is 1. The van der Waals surface area contributed by atoms with E-state index < -0.39 is 15.8 Å². The van der Waals surface area contributed by atoms with Gasteiger partial charge in [-0.15, -0.1) is 11.3 Å². The lowest BCUT2D eigenvalue weighted by molar-refractivity contribution is -0.124. The van der Waals surface area contributed by atoms with Gasteiger partial charge in [0, 0.05) is 4.88 Å². The van der Waals surface area contributed by atoms with Crippen LogP contribution in [0, 0.1) is 5.92 Å². The zero-order valence-electron chi connectivity index (χ0n) is 9.85. The van der Waals surface area contributed by atoms with E-state index in [-0.39, 0.29) is 23.5 Å². The molecule has 1 fully saturated rings. The second kappa shape index (κ2) is 5.19. The van der Waals surface area contributed by atoms with Gasteiger partial charge >= 0.3 is 0 Å². The molecule has 1 aromatic heterocycles. The van der Waals surface area contributed by atoms with Crippen LogP contribution >= 0.6 is 22.9 Å². The van der Waals surface area contributed by atoms with E-state index in [1.165, 1.54) is 11.3 Å². The zero-order chi connectivity index (χ0) is 13.3. The van der Waals surface area contributed by atoms with Crippen LogP contribution in [0.1, 0.15) is 24.3 Å². The first-order valence-corrected chi connectivity index (χ1v) is 8.65. The Morgan fingerprint density at radius 3 is 2.78 bits per heavy atom. The van der Waals surface area contributed by atoms with Crippen molar-refractivity contribution >= 4 is 38.7 Å². The van der Waals surface area contributed by atoms with Crippen LogP contribution in [-0.2, 0) is 14.6 Å². The number of carbonyl (C=O) groups is 1. The first-order valence-electron chi connectivity index (χ1n) is 5.63. The summed E-state index contributed by atoms with van der Waals surface area (Å²) in [5, 5.41) is 2.84. The molecular formula is C11H14ClNO3S2. The summed E-state index contributed by atoms with van der Waals surface area (Å²) in [7, 11) is -3.02. The van der Waals surface area contributed by atoms with Gasteiger partial charge in [0.05, 0.1) is 27.8 Å². The molecule has 2 rings (SSSR count). The molecule has 0 spiro atoms. The fourth-order valence-corrected chi connectivity index (χ4v) is 4.77. The molecule has 1 aliphatic rings.